The Hall–Kier alpha value is -2.47. The van der Waals surface area contributed by atoms with E-state index in [-0.39, 0.29) is 19.1 Å². The van der Waals surface area contributed by atoms with Gasteiger partial charge in [0.15, 0.2) is 5.82 Å². The number of aliphatic hydroxyl groups excluding tert-OH is 1. The maximum Gasteiger partial charge on any atom is 0.254 e. The molecule has 1 saturated carbocycles. The van der Waals surface area contributed by atoms with Crippen molar-refractivity contribution < 1.29 is 9.90 Å². The summed E-state index contributed by atoms with van der Waals surface area (Å²) in [6.45, 7) is 4.27. The average Bonchev–Trinajstić information content (AvgIpc) is 3.31. The van der Waals surface area contributed by atoms with Gasteiger partial charge >= 0.3 is 0 Å². The minimum atomic E-state index is -0.126. The van der Waals surface area contributed by atoms with E-state index in [1.54, 1.807) is 23.1 Å². The van der Waals surface area contributed by atoms with E-state index in [0.717, 1.165) is 11.4 Å². The molecule has 1 amide bonds. The van der Waals surface area contributed by atoms with Crippen molar-refractivity contribution in [2.75, 3.05) is 19.7 Å². The van der Waals surface area contributed by atoms with Crippen molar-refractivity contribution in [3.8, 4) is 11.4 Å². The summed E-state index contributed by atoms with van der Waals surface area (Å²) in [6, 6.07) is 7.22. The lowest BCUT2D eigenvalue weighted by Gasteiger charge is -2.20. The standard InChI is InChI=1S/C17H20N4O2/c1-2-9-21(10-11-22)17(23)14-7-5-13(6-8-14)16-18-15(19-20-16)12-3-4-12/h2,5-8,12,22H,1,3-4,9-11H2,(H,18,19,20). The molecule has 1 heterocycles. The second-order valence-electron chi connectivity index (χ2n) is 5.66. The summed E-state index contributed by atoms with van der Waals surface area (Å²) < 4.78 is 0. The van der Waals surface area contributed by atoms with Gasteiger partial charge in [-0.3, -0.25) is 9.89 Å². The fourth-order valence-corrected chi connectivity index (χ4v) is 2.44. The third-order valence-electron chi connectivity index (χ3n) is 3.86. The first-order valence-electron chi connectivity index (χ1n) is 7.76. The normalized spacial score (nSPS) is 13.8. The van der Waals surface area contributed by atoms with Crippen molar-refractivity contribution in [3.63, 3.8) is 0 Å². The first-order valence-corrected chi connectivity index (χ1v) is 7.76. The minimum absolute atomic E-state index is 0.0706. The Morgan fingerprint density at radius 2 is 2.13 bits per heavy atom. The molecular formula is C17H20N4O2. The van der Waals surface area contributed by atoms with Gasteiger partial charge < -0.3 is 10.0 Å². The van der Waals surface area contributed by atoms with E-state index in [0.29, 0.717) is 23.9 Å². The van der Waals surface area contributed by atoms with Crippen LogP contribution in [-0.2, 0) is 0 Å². The third kappa shape index (κ3) is 3.48. The first-order chi connectivity index (χ1) is 11.2. The summed E-state index contributed by atoms with van der Waals surface area (Å²) in [6.07, 6.45) is 3.99. The molecule has 2 aromatic rings. The maximum atomic E-state index is 12.4. The molecule has 6 heteroatoms. The fourth-order valence-electron chi connectivity index (χ4n) is 2.44. The predicted octanol–water partition coefficient (Wildman–Crippen LogP) is 1.97. The van der Waals surface area contributed by atoms with Gasteiger partial charge in [-0.2, -0.15) is 5.10 Å². The molecule has 1 aliphatic carbocycles. The zero-order valence-corrected chi connectivity index (χ0v) is 12.9. The molecule has 6 nitrogen and oxygen atoms in total. The van der Waals surface area contributed by atoms with Gasteiger partial charge in [0.1, 0.15) is 5.82 Å². The van der Waals surface area contributed by atoms with Crippen molar-refractivity contribution in [2.45, 2.75) is 18.8 Å². The van der Waals surface area contributed by atoms with Crippen LogP contribution < -0.4 is 0 Å². The molecule has 0 unspecified atom stereocenters. The maximum absolute atomic E-state index is 12.4. The Morgan fingerprint density at radius 3 is 2.74 bits per heavy atom. The number of rotatable bonds is 7. The molecule has 0 atom stereocenters. The molecule has 0 bridgehead atoms. The van der Waals surface area contributed by atoms with Crippen molar-refractivity contribution in [1.29, 1.82) is 0 Å². The topological polar surface area (TPSA) is 82.1 Å². The van der Waals surface area contributed by atoms with Crippen molar-refractivity contribution >= 4 is 5.91 Å². The first kappa shape index (κ1) is 15.4. The van der Waals surface area contributed by atoms with Crippen LogP contribution in [-0.4, -0.2) is 50.8 Å². The summed E-state index contributed by atoms with van der Waals surface area (Å²) in [7, 11) is 0. The van der Waals surface area contributed by atoms with Gasteiger partial charge in [0, 0.05) is 30.1 Å². The van der Waals surface area contributed by atoms with Crippen LogP contribution in [0.5, 0.6) is 0 Å². The highest BCUT2D eigenvalue weighted by Crippen LogP contribution is 2.38. The number of amides is 1. The van der Waals surface area contributed by atoms with E-state index >= 15 is 0 Å². The quantitative estimate of drug-likeness (QED) is 0.766. The molecule has 1 aromatic heterocycles. The summed E-state index contributed by atoms with van der Waals surface area (Å²) in [5.41, 5.74) is 1.45. The van der Waals surface area contributed by atoms with Gasteiger partial charge in [-0.15, -0.1) is 6.58 Å². The van der Waals surface area contributed by atoms with Crippen LogP contribution >= 0.6 is 0 Å². The second kappa shape index (κ2) is 6.75. The number of aromatic nitrogens is 3. The number of benzene rings is 1. The van der Waals surface area contributed by atoms with Gasteiger partial charge in [0.2, 0.25) is 0 Å². The minimum Gasteiger partial charge on any atom is -0.395 e. The summed E-state index contributed by atoms with van der Waals surface area (Å²) in [4.78, 5) is 18.5. The summed E-state index contributed by atoms with van der Waals surface area (Å²) in [5.74, 6) is 2.01. The van der Waals surface area contributed by atoms with Crippen LogP contribution in [0.25, 0.3) is 11.4 Å². The molecule has 0 spiro atoms. The summed E-state index contributed by atoms with van der Waals surface area (Å²) >= 11 is 0. The number of carbonyl (C=O) groups is 1. The van der Waals surface area contributed by atoms with Gasteiger partial charge in [0.25, 0.3) is 5.91 Å². The van der Waals surface area contributed by atoms with E-state index in [4.69, 9.17) is 5.11 Å². The molecular weight excluding hydrogens is 292 g/mol. The zero-order chi connectivity index (χ0) is 16.2. The highest BCUT2D eigenvalue weighted by molar-refractivity contribution is 5.94. The lowest BCUT2D eigenvalue weighted by molar-refractivity contribution is 0.0743. The van der Waals surface area contributed by atoms with Crippen LogP contribution in [0.2, 0.25) is 0 Å². The molecule has 0 radical (unpaired) electrons. The van der Waals surface area contributed by atoms with E-state index < -0.39 is 0 Å². The van der Waals surface area contributed by atoms with E-state index in [2.05, 4.69) is 21.8 Å². The molecule has 0 aliphatic heterocycles. The van der Waals surface area contributed by atoms with Crippen LogP contribution in [0.15, 0.2) is 36.9 Å². The zero-order valence-electron chi connectivity index (χ0n) is 12.9. The van der Waals surface area contributed by atoms with Crippen LogP contribution in [0.3, 0.4) is 0 Å². The smallest absolute Gasteiger partial charge is 0.254 e. The average molecular weight is 312 g/mol. The number of H-pyrrole nitrogens is 1. The molecule has 2 N–H and O–H groups in total. The number of hydrogen-bond acceptors (Lipinski definition) is 4. The number of nitrogens with one attached hydrogen (secondary N) is 1. The molecule has 120 valence electrons. The highest BCUT2D eigenvalue weighted by Gasteiger charge is 2.27. The molecule has 3 rings (SSSR count). The molecule has 1 aromatic carbocycles. The lowest BCUT2D eigenvalue weighted by Crippen LogP contribution is -2.33. The van der Waals surface area contributed by atoms with Crippen molar-refractivity contribution in [1.82, 2.24) is 20.1 Å². The van der Waals surface area contributed by atoms with E-state index in [1.807, 2.05) is 12.1 Å². The Balaban J connectivity index is 1.74. The molecule has 0 saturated heterocycles. The predicted molar refractivity (Wildman–Crippen MR) is 87.0 cm³/mol. The van der Waals surface area contributed by atoms with Crippen LogP contribution in [0.1, 0.15) is 34.9 Å². The van der Waals surface area contributed by atoms with E-state index in [1.165, 1.54) is 12.8 Å². The number of carbonyl (C=O) groups excluding carboxylic acids is 1. The van der Waals surface area contributed by atoms with Crippen LogP contribution in [0.4, 0.5) is 0 Å². The number of hydrogen-bond donors (Lipinski definition) is 2. The SMILES string of the molecule is C=CCN(CCO)C(=O)c1ccc(-c2n[nH]c(C3CC3)n2)cc1. The monoisotopic (exact) mass is 312 g/mol. The summed E-state index contributed by atoms with van der Waals surface area (Å²) in [5, 5.41) is 16.3. The van der Waals surface area contributed by atoms with Gasteiger partial charge in [-0.25, -0.2) is 4.98 Å². The Labute approximate surface area is 134 Å². The second-order valence-corrected chi connectivity index (χ2v) is 5.66. The Kier molecular flexibility index (Phi) is 4.52. The Morgan fingerprint density at radius 1 is 1.39 bits per heavy atom. The Bertz CT molecular complexity index is 689. The van der Waals surface area contributed by atoms with Crippen molar-refractivity contribution in [3.05, 3.63) is 48.3 Å². The molecule has 23 heavy (non-hydrogen) atoms. The van der Waals surface area contributed by atoms with E-state index in [9.17, 15) is 4.79 Å². The number of aromatic amines is 1. The number of aliphatic hydroxyl groups is 1. The third-order valence-corrected chi connectivity index (χ3v) is 3.86. The number of nitrogens with zero attached hydrogens (tertiary/aromatic N) is 3. The van der Waals surface area contributed by atoms with Crippen LogP contribution in [0, 0.1) is 0 Å². The van der Waals surface area contributed by atoms with Gasteiger partial charge in [-0.05, 0) is 25.0 Å². The van der Waals surface area contributed by atoms with Gasteiger partial charge in [-0.1, -0.05) is 18.2 Å². The van der Waals surface area contributed by atoms with Gasteiger partial charge in [0.05, 0.1) is 6.61 Å². The lowest BCUT2D eigenvalue weighted by atomic mass is 10.1. The molecule has 1 fully saturated rings. The molecule has 1 aliphatic rings. The highest BCUT2D eigenvalue weighted by atomic mass is 16.3. The largest absolute Gasteiger partial charge is 0.395 e. The van der Waals surface area contributed by atoms with Crippen molar-refractivity contribution in [2.24, 2.45) is 0 Å². The fraction of sp³-hybridized carbons (Fsp3) is 0.353.